The van der Waals surface area contributed by atoms with Crippen molar-refractivity contribution in [2.75, 3.05) is 5.73 Å². The number of rotatable bonds is 1. The highest BCUT2D eigenvalue weighted by atomic mass is 15.3. The lowest BCUT2D eigenvalue weighted by Gasteiger charge is -2.04. The van der Waals surface area contributed by atoms with Gasteiger partial charge in [-0.15, -0.1) is 0 Å². The van der Waals surface area contributed by atoms with E-state index in [4.69, 9.17) is 5.73 Å². The van der Waals surface area contributed by atoms with E-state index in [1.807, 2.05) is 42.9 Å². The van der Waals surface area contributed by atoms with Crippen LogP contribution in [-0.4, -0.2) is 9.78 Å². The summed E-state index contributed by atoms with van der Waals surface area (Å²) in [5.41, 5.74) is 9.69. The molecule has 0 radical (unpaired) electrons. The molecule has 72 valence electrons. The van der Waals surface area contributed by atoms with E-state index in [-0.39, 0.29) is 0 Å². The zero-order chi connectivity index (χ0) is 10.1. The van der Waals surface area contributed by atoms with Gasteiger partial charge in [0, 0.05) is 11.9 Å². The van der Waals surface area contributed by atoms with Crippen LogP contribution in [0.2, 0.25) is 0 Å². The van der Waals surface area contributed by atoms with Crippen LogP contribution < -0.4 is 5.73 Å². The van der Waals surface area contributed by atoms with Gasteiger partial charge in [-0.3, -0.25) is 0 Å². The molecule has 0 saturated heterocycles. The molecule has 0 aliphatic heterocycles. The number of nitrogens with two attached hydrogens (primary N) is 1. The van der Waals surface area contributed by atoms with Gasteiger partial charge < -0.3 is 5.73 Å². The smallest absolute Gasteiger partial charge is 0.0668 e. The predicted octanol–water partition coefficient (Wildman–Crippen LogP) is 2.07. The lowest BCUT2D eigenvalue weighted by molar-refractivity contribution is 0.862. The Morgan fingerprint density at radius 3 is 2.57 bits per heavy atom. The zero-order valence-electron chi connectivity index (χ0n) is 8.36. The van der Waals surface area contributed by atoms with E-state index in [0.717, 1.165) is 22.6 Å². The molecular formula is C11H13N3. The van der Waals surface area contributed by atoms with Gasteiger partial charge >= 0.3 is 0 Å². The number of aromatic nitrogens is 2. The van der Waals surface area contributed by atoms with Gasteiger partial charge in [-0.1, -0.05) is 0 Å². The van der Waals surface area contributed by atoms with Crippen LogP contribution in [-0.2, 0) is 0 Å². The van der Waals surface area contributed by atoms with Crippen LogP contribution in [0.4, 0.5) is 5.69 Å². The van der Waals surface area contributed by atoms with Gasteiger partial charge in [0.2, 0.25) is 0 Å². The molecule has 14 heavy (non-hydrogen) atoms. The molecule has 1 aromatic carbocycles. The minimum Gasteiger partial charge on any atom is -0.399 e. The van der Waals surface area contributed by atoms with E-state index >= 15 is 0 Å². The molecular weight excluding hydrogens is 174 g/mol. The van der Waals surface area contributed by atoms with Gasteiger partial charge in [-0.2, -0.15) is 5.10 Å². The summed E-state index contributed by atoms with van der Waals surface area (Å²) in [4.78, 5) is 0. The minimum absolute atomic E-state index is 0.771. The lowest BCUT2D eigenvalue weighted by atomic mass is 10.2. The minimum atomic E-state index is 0.771. The Morgan fingerprint density at radius 1 is 1.21 bits per heavy atom. The molecule has 0 bridgehead atoms. The van der Waals surface area contributed by atoms with Crippen molar-refractivity contribution in [1.29, 1.82) is 0 Å². The summed E-state index contributed by atoms with van der Waals surface area (Å²) in [5.74, 6) is 0. The van der Waals surface area contributed by atoms with E-state index in [2.05, 4.69) is 11.2 Å². The molecule has 0 spiro atoms. The topological polar surface area (TPSA) is 43.8 Å². The maximum absolute atomic E-state index is 5.76. The van der Waals surface area contributed by atoms with Gasteiger partial charge in [-0.05, 0) is 43.7 Å². The number of benzene rings is 1. The molecule has 0 saturated carbocycles. The molecule has 3 nitrogen and oxygen atoms in total. The van der Waals surface area contributed by atoms with Crippen molar-refractivity contribution in [3.05, 3.63) is 41.7 Å². The van der Waals surface area contributed by atoms with Gasteiger partial charge in [0.1, 0.15) is 0 Å². The van der Waals surface area contributed by atoms with Crippen LogP contribution in [0.15, 0.2) is 30.5 Å². The van der Waals surface area contributed by atoms with Crippen molar-refractivity contribution >= 4 is 5.69 Å². The van der Waals surface area contributed by atoms with Crippen molar-refractivity contribution in [2.24, 2.45) is 0 Å². The standard InChI is InChI=1S/C11H13N3/c1-8-5-10(12)7-11(6-8)14-4-3-9(2)13-14/h3-7H,12H2,1-2H3. The number of nitrogen functional groups attached to an aromatic ring is 1. The van der Waals surface area contributed by atoms with Crippen LogP contribution in [0.3, 0.4) is 0 Å². The summed E-state index contributed by atoms with van der Waals surface area (Å²) in [6, 6.07) is 7.89. The molecule has 2 N–H and O–H groups in total. The SMILES string of the molecule is Cc1cc(N)cc(-n2ccc(C)n2)c1. The largest absolute Gasteiger partial charge is 0.399 e. The van der Waals surface area contributed by atoms with E-state index < -0.39 is 0 Å². The third-order valence-corrected chi connectivity index (χ3v) is 2.07. The quantitative estimate of drug-likeness (QED) is 0.694. The fraction of sp³-hybridized carbons (Fsp3) is 0.182. The fourth-order valence-electron chi connectivity index (χ4n) is 1.48. The molecule has 2 rings (SSSR count). The first-order chi connectivity index (χ1) is 6.65. The van der Waals surface area contributed by atoms with Crippen molar-refractivity contribution in [1.82, 2.24) is 9.78 Å². The average Bonchev–Trinajstić information content (AvgIpc) is 2.50. The second-order valence-corrected chi connectivity index (χ2v) is 3.50. The van der Waals surface area contributed by atoms with E-state index in [0.29, 0.717) is 0 Å². The first kappa shape index (κ1) is 8.81. The van der Waals surface area contributed by atoms with E-state index in [9.17, 15) is 0 Å². The van der Waals surface area contributed by atoms with Gasteiger partial charge in [0.15, 0.2) is 0 Å². The van der Waals surface area contributed by atoms with Crippen LogP contribution in [0, 0.1) is 13.8 Å². The van der Waals surface area contributed by atoms with Gasteiger partial charge in [0.05, 0.1) is 11.4 Å². The monoisotopic (exact) mass is 187 g/mol. The fourth-order valence-corrected chi connectivity index (χ4v) is 1.48. The molecule has 0 atom stereocenters. The maximum atomic E-state index is 5.76. The maximum Gasteiger partial charge on any atom is 0.0668 e. The second kappa shape index (κ2) is 3.18. The van der Waals surface area contributed by atoms with Crippen molar-refractivity contribution in [2.45, 2.75) is 13.8 Å². The Hall–Kier alpha value is -1.77. The van der Waals surface area contributed by atoms with E-state index in [1.54, 1.807) is 0 Å². The third kappa shape index (κ3) is 1.62. The summed E-state index contributed by atoms with van der Waals surface area (Å²) in [6.45, 7) is 3.99. The van der Waals surface area contributed by atoms with Crippen LogP contribution >= 0.6 is 0 Å². The Morgan fingerprint density at radius 2 is 2.00 bits per heavy atom. The molecule has 0 aliphatic rings. The Kier molecular flexibility index (Phi) is 2.00. The van der Waals surface area contributed by atoms with Gasteiger partial charge in [-0.25, -0.2) is 4.68 Å². The number of hydrogen-bond donors (Lipinski definition) is 1. The van der Waals surface area contributed by atoms with Crippen LogP contribution in [0.25, 0.3) is 5.69 Å². The molecule has 1 aromatic heterocycles. The first-order valence-corrected chi connectivity index (χ1v) is 4.55. The highest BCUT2D eigenvalue weighted by Gasteiger charge is 1.99. The van der Waals surface area contributed by atoms with Gasteiger partial charge in [0.25, 0.3) is 0 Å². The Labute approximate surface area is 83.2 Å². The normalized spacial score (nSPS) is 10.4. The summed E-state index contributed by atoms with van der Waals surface area (Å²) >= 11 is 0. The Bertz CT molecular complexity index is 437. The third-order valence-electron chi connectivity index (χ3n) is 2.07. The summed E-state index contributed by atoms with van der Waals surface area (Å²) in [7, 11) is 0. The summed E-state index contributed by atoms with van der Waals surface area (Å²) in [6.07, 6.45) is 1.93. The number of hydrogen-bond acceptors (Lipinski definition) is 2. The highest BCUT2D eigenvalue weighted by molar-refractivity contribution is 5.50. The number of aryl methyl sites for hydroxylation is 2. The molecule has 0 aliphatic carbocycles. The first-order valence-electron chi connectivity index (χ1n) is 4.55. The number of anilines is 1. The van der Waals surface area contributed by atoms with Crippen molar-refractivity contribution < 1.29 is 0 Å². The molecule has 0 amide bonds. The molecule has 0 fully saturated rings. The second-order valence-electron chi connectivity index (χ2n) is 3.50. The van der Waals surface area contributed by atoms with Crippen molar-refractivity contribution in [3.8, 4) is 5.69 Å². The number of nitrogens with zero attached hydrogens (tertiary/aromatic N) is 2. The van der Waals surface area contributed by atoms with Crippen LogP contribution in [0.5, 0.6) is 0 Å². The molecule has 3 heteroatoms. The average molecular weight is 187 g/mol. The van der Waals surface area contributed by atoms with Crippen molar-refractivity contribution in [3.63, 3.8) is 0 Å². The summed E-state index contributed by atoms with van der Waals surface area (Å²) < 4.78 is 1.83. The van der Waals surface area contributed by atoms with Crippen LogP contribution in [0.1, 0.15) is 11.3 Å². The lowest BCUT2D eigenvalue weighted by Crippen LogP contribution is -1.97. The molecule has 2 aromatic rings. The Balaban J connectivity index is 2.51. The molecule has 1 heterocycles. The van der Waals surface area contributed by atoms with E-state index in [1.165, 1.54) is 0 Å². The zero-order valence-corrected chi connectivity index (χ0v) is 8.36. The summed E-state index contributed by atoms with van der Waals surface area (Å²) in [5, 5.41) is 4.32. The highest BCUT2D eigenvalue weighted by Crippen LogP contribution is 2.14. The predicted molar refractivity (Wildman–Crippen MR) is 57.5 cm³/mol. The molecule has 0 unspecified atom stereocenters.